The number of carbonyl (C=O) groups is 11. The average molecular weight is 1270 g/mol. The molecule has 11 amide bonds. The van der Waals surface area contributed by atoms with Crippen LogP contribution in [-0.4, -0.2) is 205 Å². The van der Waals surface area contributed by atoms with E-state index in [9.17, 15) is 63.0 Å². The van der Waals surface area contributed by atoms with Crippen molar-refractivity contribution in [3.05, 3.63) is 0 Å². The zero-order valence-corrected chi connectivity index (χ0v) is 51.6. The lowest BCUT2D eigenvalue weighted by Crippen LogP contribution is -2.62. The molecular formula is C53H104N16O17S. The first-order chi connectivity index (χ1) is 40.2. The van der Waals surface area contributed by atoms with Crippen molar-refractivity contribution in [3.8, 4) is 0 Å². The lowest BCUT2D eigenvalue weighted by atomic mass is 9.99. The fourth-order valence-corrected chi connectivity index (χ4v) is 8.60. The maximum atomic E-state index is 14.4. The molecule has 1 aliphatic heterocycles. The lowest BCUT2D eigenvalue weighted by Gasteiger charge is -2.29. The lowest BCUT2D eigenvalue weighted by molar-refractivity contribution is -0.137. The van der Waals surface area contributed by atoms with Crippen molar-refractivity contribution in [3.63, 3.8) is 0 Å². The fourth-order valence-electron chi connectivity index (χ4n) is 8.60. The summed E-state index contributed by atoms with van der Waals surface area (Å²) in [4.78, 5) is 153. The predicted octanol–water partition coefficient (Wildman–Crippen LogP) is -5.85. The molecule has 0 spiro atoms. The summed E-state index contributed by atoms with van der Waals surface area (Å²) in [6.45, 7) is 12.5. The topological polar surface area (TPSA) is 565 Å². The molecule has 0 saturated carbocycles. The Balaban J connectivity index is 0. The standard InChI is InChI=1S/C52H98N16O13.CH4.H2O4S/c1-9-29(6)11-10-12-40(71)59-32(13-19-53)47(76)68-42(31(8)70)52(81)64-35(16-22-56)44(73)63-37-18-24-58-51(80)41(30(7)69)67-48(77)36(17-23-57)61-43(72)33(14-20-54)62-49(78)38(25-27(2)3)66-50(79)39(26-28(4)5)65-45(74)34(15-21-55)60-46(37)75;;1-5(2,3)4/h27-39,41-42,69-70H,9-26,53-57H2,1-8H3,(H,58,80)(H,59,71)(H,60,75)(H,61,72)(H,62,78)(H,63,73)(H,64,81)(H,65,74)(H,66,79)(H,67,77)(H,68,76);1H4;(H2,1,2,3,4)/t29?,30-,31-,32+,33+,34+,35+,36+,37+,38+,39-,41+,42+;;/m1../s1. The predicted molar refractivity (Wildman–Crippen MR) is 322 cm³/mol. The van der Waals surface area contributed by atoms with Gasteiger partial charge in [-0.25, -0.2) is 0 Å². The third-order valence-electron chi connectivity index (χ3n) is 13.4. The van der Waals surface area contributed by atoms with Gasteiger partial charge in [0, 0.05) is 13.0 Å². The molecule has 0 radical (unpaired) electrons. The van der Waals surface area contributed by atoms with Crippen LogP contribution in [0.3, 0.4) is 0 Å². The number of hydrogen-bond donors (Lipinski definition) is 20. The summed E-state index contributed by atoms with van der Waals surface area (Å²) in [6, 6.07) is -14.5. The molecule has 1 saturated heterocycles. The summed E-state index contributed by atoms with van der Waals surface area (Å²) in [5.41, 5.74) is 29.2. The Kier molecular flexibility index (Phi) is 41.3. The first-order valence-electron chi connectivity index (χ1n) is 29.0. The molecule has 0 aliphatic carbocycles. The Labute approximate surface area is 510 Å². The summed E-state index contributed by atoms with van der Waals surface area (Å²) in [5.74, 6) is -9.60. The van der Waals surface area contributed by atoms with E-state index in [4.69, 9.17) is 46.2 Å². The van der Waals surface area contributed by atoms with E-state index >= 15 is 0 Å². The molecule has 0 aromatic carbocycles. The van der Waals surface area contributed by atoms with E-state index < -0.39 is 161 Å². The van der Waals surface area contributed by atoms with E-state index in [2.05, 4.69) is 65.4 Å². The van der Waals surface area contributed by atoms with Crippen molar-refractivity contribution in [1.29, 1.82) is 0 Å². The van der Waals surface area contributed by atoms with Gasteiger partial charge in [-0.05, 0) is 122 Å². The molecule has 1 unspecified atom stereocenters. The minimum atomic E-state index is -4.67. The Bertz CT molecular complexity index is 2290. The van der Waals surface area contributed by atoms with E-state index in [0.29, 0.717) is 12.3 Å². The van der Waals surface area contributed by atoms with Gasteiger partial charge in [-0.2, -0.15) is 8.42 Å². The monoisotopic (exact) mass is 1270 g/mol. The summed E-state index contributed by atoms with van der Waals surface area (Å²) in [7, 11) is -4.67. The Morgan fingerprint density at radius 3 is 1.34 bits per heavy atom. The maximum Gasteiger partial charge on any atom is 0.394 e. The third-order valence-corrected chi connectivity index (χ3v) is 13.4. The highest BCUT2D eigenvalue weighted by Gasteiger charge is 2.37. The number of rotatable bonds is 28. The van der Waals surface area contributed by atoms with E-state index in [1.54, 1.807) is 27.7 Å². The van der Waals surface area contributed by atoms with Crippen LogP contribution in [0.25, 0.3) is 0 Å². The number of amides is 11. The summed E-state index contributed by atoms with van der Waals surface area (Å²) < 4.78 is 31.6. The van der Waals surface area contributed by atoms with Gasteiger partial charge in [0.15, 0.2) is 0 Å². The van der Waals surface area contributed by atoms with Crippen LogP contribution in [0.15, 0.2) is 0 Å². The second-order valence-corrected chi connectivity index (χ2v) is 23.0. The molecule has 25 N–H and O–H groups in total. The van der Waals surface area contributed by atoms with Crippen molar-refractivity contribution in [2.24, 2.45) is 46.4 Å². The van der Waals surface area contributed by atoms with Crippen molar-refractivity contribution in [2.45, 2.75) is 212 Å². The van der Waals surface area contributed by atoms with E-state index in [-0.39, 0.29) is 103 Å². The van der Waals surface area contributed by atoms with Crippen LogP contribution in [-0.2, 0) is 63.1 Å². The maximum absolute atomic E-state index is 14.4. The number of carbonyl (C=O) groups excluding carboxylic acids is 11. The van der Waals surface area contributed by atoms with Crippen molar-refractivity contribution in [2.75, 3.05) is 39.3 Å². The van der Waals surface area contributed by atoms with Crippen molar-refractivity contribution < 1.29 is 80.5 Å². The molecule has 1 fully saturated rings. The van der Waals surface area contributed by atoms with Crippen LogP contribution >= 0.6 is 0 Å². The van der Waals surface area contributed by atoms with E-state index in [1.165, 1.54) is 13.8 Å². The molecule has 504 valence electrons. The van der Waals surface area contributed by atoms with Crippen LogP contribution in [0.4, 0.5) is 0 Å². The minimum absolute atomic E-state index is 0. The number of aliphatic hydroxyl groups is 2. The van der Waals surface area contributed by atoms with Crippen molar-refractivity contribution in [1.82, 2.24) is 58.5 Å². The van der Waals surface area contributed by atoms with Gasteiger partial charge in [0.1, 0.15) is 60.4 Å². The largest absolute Gasteiger partial charge is 0.394 e. The van der Waals surface area contributed by atoms with Gasteiger partial charge >= 0.3 is 10.4 Å². The Morgan fingerprint density at radius 2 is 0.954 bits per heavy atom. The zero-order chi connectivity index (χ0) is 66.0. The molecular weight excluding hydrogens is 1160 g/mol. The van der Waals surface area contributed by atoms with Gasteiger partial charge in [-0.1, -0.05) is 61.8 Å². The smallest absolute Gasteiger partial charge is 0.391 e. The van der Waals surface area contributed by atoms with Crippen LogP contribution in [0.2, 0.25) is 0 Å². The fraction of sp³-hybridized carbons (Fsp3) is 0.792. The number of aliphatic hydroxyl groups excluding tert-OH is 2. The zero-order valence-electron chi connectivity index (χ0n) is 50.8. The molecule has 0 aromatic heterocycles. The van der Waals surface area contributed by atoms with Gasteiger partial charge in [0.25, 0.3) is 0 Å². The first-order valence-corrected chi connectivity index (χ1v) is 30.4. The van der Waals surface area contributed by atoms with Crippen LogP contribution < -0.4 is 87.2 Å². The summed E-state index contributed by atoms with van der Waals surface area (Å²) in [5, 5.41) is 49.5. The summed E-state index contributed by atoms with van der Waals surface area (Å²) in [6.07, 6.45) is -1.79. The highest BCUT2D eigenvalue weighted by molar-refractivity contribution is 7.79. The Morgan fingerprint density at radius 1 is 0.552 bits per heavy atom. The van der Waals surface area contributed by atoms with Gasteiger partial charge in [0.05, 0.1) is 12.2 Å². The van der Waals surface area contributed by atoms with Crippen molar-refractivity contribution >= 4 is 75.4 Å². The molecule has 0 bridgehead atoms. The molecule has 34 heteroatoms. The first kappa shape index (κ1) is 82.8. The molecule has 1 aliphatic rings. The van der Waals surface area contributed by atoms with E-state index in [0.717, 1.165) is 12.8 Å². The molecule has 87 heavy (non-hydrogen) atoms. The average Bonchev–Trinajstić information content (AvgIpc) is 3.14. The Hall–Kier alpha value is -6.24. The SMILES string of the molecule is C.CCC(C)CCCC(=O)N[C@@H](CCN)C(=O)N[C@H](C(=O)N[C@@H](CCN)C(=O)N[C@H]1CCNC(=O)[C@H]([C@@H](C)O)NC(=O)[C@H](CCN)NC(=O)[C@H](CCN)NC(=O)[C@H](CC(C)C)NC(=O)[C@@H](CC(C)C)NC(=O)[C@H](CCN)NC1=O)[C@@H](C)O.O=S(=O)(O)O. The van der Waals surface area contributed by atoms with Gasteiger partial charge in [-0.15, -0.1) is 0 Å². The highest BCUT2D eigenvalue weighted by Crippen LogP contribution is 2.13. The van der Waals surface area contributed by atoms with E-state index in [1.807, 2.05) is 6.92 Å². The molecule has 1 rings (SSSR count). The van der Waals surface area contributed by atoms with Gasteiger partial charge in [0.2, 0.25) is 65.0 Å². The quantitative estimate of drug-likeness (QED) is 0.0325. The number of nitrogens with two attached hydrogens (primary N) is 5. The van der Waals surface area contributed by atoms with Crippen LogP contribution in [0.5, 0.6) is 0 Å². The molecule has 13 atom stereocenters. The van der Waals surface area contributed by atoms with Gasteiger partial charge in [-0.3, -0.25) is 61.8 Å². The molecule has 33 nitrogen and oxygen atoms in total. The summed E-state index contributed by atoms with van der Waals surface area (Å²) >= 11 is 0. The minimum Gasteiger partial charge on any atom is -0.391 e. The van der Waals surface area contributed by atoms with Crippen LogP contribution in [0, 0.1) is 17.8 Å². The normalized spacial score (nSPS) is 22.6. The van der Waals surface area contributed by atoms with Crippen LogP contribution in [0.1, 0.15) is 140 Å². The van der Waals surface area contributed by atoms with Gasteiger partial charge < -0.3 is 97.4 Å². The number of nitrogens with one attached hydrogen (secondary N) is 11. The molecule has 1 heterocycles. The second-order valence-electron chi connectivity index (χ2n) is 22.1. The number of hydrogen-bond acceptors (Lipinski definition) is 20. The second kappa shape index (κ2) is 43.4. The molecule has 0 aromatic rings. The highest BCUT2D eigenvalue weighted by atomic mass is 32.3. The third kappa shape index (κ3) is 34.2.